The number of rotatable bonds is 5. The van der Waals surface area contributed by atoms with E-state index in [-0.39, 0.29) is 18.0 Å². The molecule has 0 saturated carbocycles. The molecule has 1 heterocycles. The van der Waals surface area contributed by atoms with Crippen molar-refractivity contribution in [1.29, 1.82) is 0 Å². The summed E-state index contributed by atoms with van der Waals surface area (Å²) in [7, 11) is -1.96. The third-order valence-electron chi connectivity index (χ3n) is 2.66. The number of sulfonamides is 1. The molecule has 0 fully saturated rings. The molecule has 0 atom stereocenters. The first-order valence-corrected chi connectivity index (χ1v) is 7.04. The van der Waals surface area contributed by atoms with Gasteiger partial charge in [0.2, 0.25) is 10.0 Å². The summed E-state index contributed by atoms with van der Waals surface area (Å²) in [6, 6.07) is 6.30. The first-order valence-electron chi connectivity index (χ1n) is 5.56. The second-order valence-electron chi connectivity index (χ2n) is 3.95. The first kappa shape index (κ1) is 13.7. The van der Waals surface area contributed by atoms with Gasteiger partial charge in [-0.2, -0.15) is 0 Å². The van der Waals surface area contributed by atoms with Crippen molar-refractivity contribution in [2.24, 2.45) is 7.05 Å². The van der Waals surface area contributed by atoms with Crippen LogP contribution in [0.5, 0.6) is 0 Å². The number of aromatic nitrogens is 3. The third kappa shape index (κ3) is 2.98. The van der Waals surface area contributed by atoms with Crippen molar-refractivity contribution in [3.05, 3.63) is 42.0 Å². The van der Waals surface area contributed by atoms with E-state index in [1.807, 2.05) is 0 Å². The van der Waals surface area contributed by atoms with Gasteiger partial charge in [0.15, 0.2) is 0 Å². The van der Waals surface area contributed by atoms with Gasteiger partial charge in [-0.05, 0) is 11.6 Å². The number of hydrogen-bond acceptors (Lipinski definition) is 5. The topological polar surface area (TPSA) is 97.1 Å². The monoisotopic (exact) mass is 282 g/mol. The zero-order valence-corrected chi connectivity index (χ0v) is 11.1. The molecule has 7 nitrogen and oxygen atoms in total. The minimum absolute atomic E-state index is 0.0403. The van der Waals surface area contributed by atoms with Crippen molar-refractivity contribution in [2.75, 3.05) is 0 Å². The maximum Gasteiger partial charge on any atom is 0.241 e. The Bertz CT molecular complexity index is 666. The molecule has 0 spiro atoms. The Morgan fingerprint density at radius 2 is 2.11 bits per heavy atom. The van der Waals surface area contributed by atoms with Gasteiger partial charge in [0.1, 0.15) is 12.2 Å². The number of hydrogen-bond donors (Lipinski definition) is 2. The van der Waals surface area contributed by atoms with Crippen LogP contribution in [0.1, 0.15) is 11.4 Å². The minimum Gasteiger partial charge on any atom is -0.392 e. The molecule has 102 valence electrons. The van der Waals surface area contributed by atoms with Gasteiger partial charge in [-0.25, -0.2) is 13.1 Å². The molecule has 0 unspecified atom stereocenters. The Labute approximate surface area is 111 Å². The largest absolute Gasteiger partial charge is 0.392 e. The molecule has 0 bridgehead atoms. The molecule has 0 radical (unpaired) electrons. The molecule has 0 aliphatic rings. The molecule has 2 N–H and O–H groups in total. The van der Waals surface area contributed by atoms with E-state index in [9.17, 15) is 8.42 Å². The fraction of sp³-hybridized carbons (Fsp3) is 0.273. The summed E-state index contributed by atoms with van der Waals surface area (Å²) >= 11 is 0. The molecule has 2 aromatic rings. The standard InChI is InChI=1S/C11H14N4O3S/c1-15-8-12-14-11(15)6-13-19(17,18)10-5-3-2-4-9(10)7-16/h2-5,8,13,16H,6-7H2,1H3. The number of nitrogens with zero attached hydrogens (tertiary/aromatic N) is 3. The van der Waals surface area contributed by atoms with Crippen LogP contribution in [0.15, 0.2) is 35.5 Å². The fourth-order valence-corrected chi connectivity index (χ4v) is 2.81. The Hall–Kier alpha value is -1.77. The molecular formula is C11H14N4O3S. The lowest BCUT2D eigenvalue weighted by atomic mass is 10.2. The van der Waals surface area contributed by atoms with Crippen LogP contribution in [0.2, 0.25) is 0 Å². The van der Waals surface area contributed by atoms with Gasteiger partial charge in [-0.15, -0.1) is 10.2 Å². The highest BCUT2D eigenvalue weighted by Gasteiger charge is 2.18. The number of nitrogens with one attached hydrogen (secondary N) is 1. The molecule has 0 amide bonds. The fourth-order valence-electron chi connectivity index (χ4n) is 1.60. The van der Waals surface area contributed by atoms with E-state index < -0.39 is 10.0 Å². The highest BCUT2D eigenvalue weighted by atomic mass is 32.2. The zero-order valence-electron chi connectivity index (χ0n) is 10.3. The lowest BCUT2D eigenvalue weighted by Crippen LogP contribution is -2.25. The summed E-state index contributed by atoms with van der Waals surface area (Å²) in [6.07, 6.45) is 1.49. The Kier molecular flexibility index (Phi) is 3.93. The van der Waals surface area contributed by atoms with Crippen molar-refractivity contribution in [3.63, 3.8) is 0 Å². The van der Waals surface area contributed by atoms with Gasteiger partial charge in [0, 0.05) is 7.05 Å². The number of aliphatic hydroxyl groups is 1. The van der Waals surface area contributed by atoms with Gasteiger partial charge < -0.3 is 9.67 Å². The van der Waals surface area contributed by atoms with E-state index >= 15 is 0 Å². The van der Waals surface area contributed by atoms with Crippen molar-refractivity contribution in [3.8, 4) is 0 Å². The highest BCUT2D eigenvalue weighted by Crippen LogP contribution is 2.15. The van der Waals surface area contributed by atoms with E-state index in [0.29, 0.717) is 11.4 Å². The molecule has 19 heavy (non-hydrogen) atoms. The van der Waals surface area contributed by atoms with Crippen LogP contribution in [0.4, 0.5) is 0 Å². The van der Waals surface area contributed by atoms with Gasteiger partial charge in [-0.3, -0.25) is 0 Å². The van der Waals surface area contributed by atoms with Crippen molar-refractivity contribution in [2.45, 2.75) is 18.0 Å². The second-order valence-corrected chi connectivity index (χ2v) is 5.68. The predicted molar refractivity (Wildman–Crippen MR) is 67.4 cm³/mol. The molecule has 0 aliphatic carbocycles. The van der Waals surface area contributed by atoms with E-state index in [1.165, 1.54) is 12.4 Å². The first-order chi connectivity index (χ1) is 9.04. The summed E-state index contributed by atoms with van der Waals surface area (Å²) in [6.45, 7) is -0.292. The van der Waals surface area contributed by atoms with E-state index in [1.54, 1.807) is 29.8 Å². The van der Waals surface area contributed by atoms with Crippen molar-refractivity contribution in [1.82, 2.24) is 19.5 Å². The lowest BCUT2D eigenvalue weighted by Gasteiger charge is -2.09. The summed E-state index contributed by atoms with van der Waals surface area (Å²) in [5.74, 6) is 0.505. The Morgan fingerprint density at radius 1 is 1.37 bits per heavy atom. The lowest BCUT2D eigenvalue weighted by molar-refractivity contribution is 0.278. The maximum atomic E-state index is 12.1. The predicted octanol–water partition coefficient (Wildman–Crippen LogP) is -0.214. The molecule has 1 aromatic carbocycles. The van der Waals surface area contributed by atoms with Gasteiger partial charge in [0.05, 0.1) is 18.0 Å². The molecular weight excluding hydrogens is 268 g/mol. The van der Waals surface area contributed by atoms with Crippen LogP contribution in [0.25, 0.3) is 0 Å². The van der Waals surface area contributed by atoms with Crippen LogP contribution in [0, 0.1) is 0 Å². The van der Waals surface area contributed by atoms with Gasteiger partial charge in [0.25, 0.3) is 0 Å². The van der Waals surface area contributed by atoms with Crippen LogP contribution in [0.3, 0.4) is 0 Å². The maximum absolute atomic E-state index is 12.1. The van der Waals surface area contributed by atoms with E-state index in [2.05, 4.69) is 14.9 Å². The minimum atomic E-state index is -3.69. The molecule has 8 heteroatoms. The Morgan fingerprint density at radius 3 is 2.74 bits per heavy atom. The van der Waals surface area contributed by atoms with Crippen LogP contribution >= 0.6 is 0 Å². The number of benzene rings is 1. The second kappa shape index (κ2) is 5.47. The molecule has 0 aliphatic heterocycles. The summed E-state index contributed by atoms with van der Waals surface area (Å²) in [5, 5.41) is 16.6. The Balaban J connectivity index is 2.21. The van der Waals surface area contributed by atoms with Gasteiger partial charge >= 0.3 is 0 Å². The average Bonchev–Trinajstić information content (AvgIpc) is 2.82. The summed E-state index contributed by atoms with van der Waals surface area (Å²) in [5.41, 5.74) is 0.355. The smallest absolute Gasteiger partial charge is 0.241 e. The quantitative estimate of drug-likeness (QED) is 0.790. The van der Waals surface area contributed by atoms with Crippen molar-refractivity contribution >= 4 is 10.0 Å². The number of aryl methyl sites for hydroxylation is 1. The SMILES string of the molecule is Cn1cnnc1CNS(=O)(=O)c1ccccc1CO. The van der Waals surface area contributed by atoms with Crippen LogP contribution < -0.4 is 4.72 Å². The summed E-state index contributed by atoms with van der Waals surface area (Å²) in [4.78, 5) is 0.0691. The zero-order chi connectivity index (χ0) is 13.9. The molecule has 1 aromatic heterocycles. The number of aliphatic hydroxyl groups excluding tert-OH is 1. The van der Waals surface area contributed by atoms with E-state index in [0.717, 1.165) is 0 Å². The van der Waals surface area contributed by atoms with Crippen LogP contribution in [-0.4, -0.2) is 28.3 Å². The normalized spacial score (nSPS) is 11.7. The van der Waals surface area contributed by atoms with E-state index in [4.69, 9.17) is 5.11 Å². The highest BCUT2D eigenvalue weighted by molar-refractivity contribution is 7.89. The van der Waals surface area contributed by atoms with Crippen LogP contribution in [-0.2, 0) is 30.2 Å². The average molecular weight is 282 g/mol. The summed E-state index contributed by atoms with van der Waals surface area (Å²) < 4.78 is 28.3. The van der Waals surface area contributed by atoms with Crippen molar-refractivity contribution < 1.29 is 13.5 Å². The third-order valence-corrected chi connectivity index (χ3v) is 4.16. The molecule has 0 saturated heterocycles. The van der Waals surface area contributed by atoms with Gasteiger partial charge in [-0.1, -0.05) is 18.2 Å². The molecule has 2 rings (SSSR count).